The zero-order valence-corrected chi connectivity index (χ0v) is 5.64. The molecule has 2 aliphatic rings. The number of ketones is 1. The minimum Gasteiger partial charge on any atom is -0.382 e. The highest BCUT2D eigenvalue weighted by atomic mass is 16.7. The quantitative estimate of drug-likeness (QED) is 0.430. The van der Waals surface area contributed by atoms with Crippen LogP contribution < -0.4 is 0 Å². The Kier molecular flexibility index (Phi) is 1.47. The van der Waals surface area contributed by atoms with Gasteiger partial charge in [-0.2, -0.15) is 0 Å². The molecule has 4 atom stereocenters. The molecule has 2 heterocycles. The van der Waals surface area contributed by atoms with E-state index in [1.54, 1.807) is 0 Å². The van der Waals surface area contributed by atoms with E-state index in [0.717, 1.165) is 0 Å². The first-order valence-corrected chi connectivity index (χ1v) is 3.37. The molecule has 0 saturated carbocycles. The third-order valence-corrected chi connectivity index (χ3v) is 1.93. The second-order valence-electron chi connectivity index (χ2n) is 2.67. The average Bonchev–Trinajstić information content (AvgIpc) is 2.44. The smallest absolute Gasteiger partial charge is 0.197 e. The number of aliphatic hydroxyl groups is 2. The van der Waals surface area contributed by atoms with Crippen LogP contribution in [0.5, 0.6) is 0 Å². The summed E-state index contributed by atoms with van der Waals surface area (Å²) in [6.45, 7) is 0.175. The Bertz CT molecular complexity index is 173. The first kappa shape index (κ1) is 7.17. The summed E-state index contributed by atoms with van der Waals surface area (Å²) in [7, 11) is 0. The number of ether oxygens (including phenoxy) is 2. The van der Waals surface area contributed by atoms with Gasteiger partial charge in [0.05, 0.1) is 6.61 Å². The highest BCUT2D eigenvalue weighted by molar-refractivity contribution is 5.88. The predicted molar refractivity (Wildman–Crippen MR) is 31.6 cm³/mol. The normalized spacial score (nSPS) is 49.8. The molecule has 5 heteroatoms. The molecule has 62 valence electrons. The number of hydrogen-bond donors (Lipinski definition) is 2. The fourth-order valence-corrected chi connectivity index (χ4v) is 1.26. The van der Waals surface area contributed by atoms with Gasteiger partial charge in [0.1, 0.15) is 12.2 Å². The molecule has 0 unspecified atom stereocenters. The molecule has 0 radical (unpaired) electrons. The number of rotatable bonds is 0. The lowest BCUT2D eigenvalue weighted by atomic mass is 10.0. The van der Waals surface area contributed by atoms with Crippen LogP contribution in [0, 0.1) is 0 Å². The maximum atomic E-state index is 10.9. The van der Waals surface area contributed by atoms with Crippen LogP contribution in [-0.4, -0.2) is 47.2 Å². The van der Waals surface area contributed by atoms with Crippen LogP contribution in [-0.2, 0) is 14.3 Å². The average molecular weight is 160 g/mol. The summed E-state index contributed by atoms with van der Waals surface area (Å²) in [6.07, 6.45) is -4.01. The van der Waals surface area contributed by atoms with Crippen molar-refractivity contribution in [2.45, 2.75) is 24.6 Å². The van der Waals surface area contributed by atoms with Crippen molar-refractivity contribution in [3.63, 3.8) is 0 Å². The molecular formula is C6H8O5. The summed E-state index contributed by atoms with van der Waals surface area (Å²) in [5.74, 6) is -0.608. The molecule has 0 aromatic heterocycles. The van der Waals surface area contributed by atoms with Crippen LogP contribution in [0.4, 0.5) is 0 Å². The summed E-state index contributed by atoms with van der Waals surface area (Å²) >= 11 is 0. The van der Waals surface area contributed by atoms with Gasteiger partial charge in [0.2, 0.25) is 0 Å². The maximum Gasteiger partial charge on any atom is 0.197 e. The van der Waals surface area contributed by atoms with Gasteiger partial charge in [-0.05, 0) is 0 Å². The molecule has 0 aliphatic carbocycles. The highest BCUT2D eigenvalue weighted by Crippen LogP contribution is 2.24. The molecule has 2 rings (SSSR count). The number of carbonyl (C=O) groups is 1. The Hall–Kier alpha value is -0.490. The van der Waals surface area contributed by atoms with Crippen LogP contribution in [0.25, 0.3) is 0 Å². The summed E-state index contributed by atoms with van der Waals surface area (Å²) in [4.78, 5) is 10.9. The molecule has 0 spiro atoms. The molecule has 0 aromatic carbocycles. The maximum absolute atomic E-state index is 10.9. The topological polar surface area (TPSA) is 76.0 Å². The Balaban J connectivity index is 2.23. The third-order valence-electron chi connectivity index (χ3n) is 1.93. The van der Waals surface area contributed by atoms with Crippen LogP contribution in [0.15, 0.2) is 0 Å². The molecule has 11 heavy (non-hydrogen) atoms. The SMILES string of the molecule is O=C1[C@@H](O)[C@@H]2OC[C@@H](O2)[C@H]1O. The predicted octanol–water partition coefficient (Wildman–Crippen LogP) is -1.97. The summed E-state index contributed by atoms with van der Waals surface area (Å²) in [5, 5.41) is 18.2. The summed E-state index contributed by atoms with van der Waals surface area (Å²) in [6, 6.07) is 0. The Labute approximate surface area is 62.5 Å². The van der Waals surface area contributed by atoms with Gasteiger partial charge in [-0.1, -0.05) is 0 Å². The zero-order valence-electron chi connectivity index (χ0n) is 5.64. The molecule has 2 aliphatic heterocycles. The molecule has 0 amide bonds. The monoisotopic (exact) mass is 160 g/mol. The van der Waals surface area contributed by atoms with E-state index >= 15 is 0 Å². The van der Waals surface area contributed by atoms with Crippen LogP contribution >= 0.6 is 0 Å². The van der Waals surface area contributed by atoms with Gasteiger partial charge >= 0.3 is 0 Å². The first-order chi connectivity index (χ1) is 5.20. The fourth-order valence-electron chi connectivity index (χ4n) is 1.26. The number of Topliss-reactive ketones (excluding diaryl/α,β-unsaturated/α-hetero) is 1. The van der Waals surface area contributed by atoms with Gasteiger partial charge in [0.15, 0.2) is 18.2 Å². The Morgan fingerprint density at radius 1 is 1.36 bits per heavy atom. The zero-order chi connectivity index (χ0) is 8.01. The second-order valence-corrected chi connectivity index (χ2v) is 2.67. The van der Waals surface area contributed by atoms with Crippen molar-refractivity contribution < 1.29 is 24.5 Å². The molecular weight excluding hydrogens is 152 g/mol. The van der Waals surface area contributed by atoms with Crippen molar-refractivity contribution in [3.05, 3.63) is 0 Å². The number of fused-ring (bicyclic) bond motifs is 2. The lowest BCUT2D eigenvalue weighted by Crippen LogP contribution is -2.50. The fraction of sp³-hybridized carbons (Fsp3) is 0.833. The third kappa shape index (κ3) is 0.893. The lowest BCUT2D eigenvalue weighted by molar-refractivity contribution is -0.188. The molecule has 2 N–H and O–H groups in total. The number of carbonyl (C=O) groups excluding carboxylic acids is 1. The van der Waals surface area contributed by atoms with Gasteiger partial charge in [0.25, 0.3) is 0 Å². The molecule has 2 bridgehead atoms. The van der Waals surface area contributed by atoms with Crippen molar-refractivity contribution in [2.24, 2.45) is 0 Å². The first-order valence-electron chi connectivity index (χ1n) is 3.37. The number of aliphatic hydroxyl groups excluding tert-OH is 2. The highest BCUT2D eigenvalue weighted by Gasteiger charge is 2.48. The van der Waals surface area contributed by atoms with Gasteiger partial charge in [-0.25, -0.2) is 0 Å². The summed E-state index contributed by atoms with van der Waals surface area (Å²) in [5.41, 5.74) is 0. The van der Waals surface area contributed by atoms with E-state index in [2.05, 4.69) is 0 Å². The van der Waals surface area contributed by atoms with Crippen molar-refractivity contribution >= 4 is 5.78 Å². The van der Waals surface area contributed by atoms with E-state index in [4.69, 9.17) is 19.7 Å². The largest absolute Gasteiger partial charge is 0.382 e. The lowest BCUT2D eigenvalue weighted by Gasteiger charge is -2.25. The van der Waals surface area contributed by atoms with E-state index in [-0.39, 0.29) is 6.61 Å². The van der Waals surface area contributed by atoms with Gasteiger partial charge in [-0.3, -0.25) is 4.79 Å². The standard InChI is InChI=1S/C6H8O5/c7-3-2-1-10-6(11-2)5(9)4(3)8/h2-3,5-7,9H,1H2/t2-,3-,5-,6-/m1/s1. The van der Waals surface area contributed by atoms with Crippen LogP contribution in [0.3, 0.4) is 0 Å². The molecule has 2 saturated heterocycles. The van der Waals surface area contributed by atoms with Crippen LogP contribution in [0.2, 0.25) is 0 Å². The molecule has 2 fully saturated rings. The van der Waals surface area contributed by atoms with Crippen molar-refractivity contribution in [3.8, 4) is 0 Å². The molecule has 5 nitrogen and oxygen atoms in total. The van der Waals surface area contributed by atoms with E-state index in [9.17, 15) is 4.79 Å². The minimum absolute atomic E-state index is 0.175. The van der Waals surface area contributed by atoms with Gasteiger partial charge in [-0.15, -0.1) is 0 Å². The molecule has 0 aromatic rings. The van der Waals surface area contributed by atoms with E-state index < -0.39 is 30.4 Å². The van der Waals surface area contributed by atoms with Crippen LogP contribution in [0.1, 0.15) is 0 Å². The van der Waals surface area contributed by atoms with Gasteiger partial charge in [0, 0.05) is 0 Å². The van der Waals surface area contributed by atoms with Gasteiger partial charge < -0.3 is 19.7 Å². The Morgan fingerprint density at radius 3 is 2.82 bits per heavy atom. The van der Waals surface area contributed by atoms with E-state index in [1.165, 1.54) is 0 Å². The van der Waals surface area contributed by atoms with E-state index in [0.29, 0.717) is 0 Å². The van der Waals surface area contributed by atoms with Crippen molar-refractivity contribution in [2.75, 3.05) is 6.61 Å². The minimum atomic E-state index is -1.33. The Morgan fingerprint density at radius 2 is 2.09 bits per heavy atom. The van der Waals surface area contributed by atoms with Crippen molar-refractivity contribution in [1.29, 1.82) is 0 Å². The van der Waals surface area contributed by atoms with Crippen molar-refractivity contribution in [1.82, 2.24) is 0 Å². The number of hydrogen-bond acceptors (Lipinski definition) is 5. The second kappa shape index (κ2) is 2.25. The summed E-state index contributed by atoms with van der Waals surface area (Å²) < 4.78 is 9.83. The van der Waals surface area contributed by atoms with E-state index in [1.807, 2.05) is 0 Å².